The average Bonchev–Trinajstić information content (AvgIpc) is 3.01. The summed E-state index contributed by atoms with van der Waals surface area (Å²) in [5.74, 6) is 0.199. The van der Waals surface area contributed by atoms with Crippen molar-refractivity contribution in [3.8, 4) is 11.5 Å². The molecule has 0 amide bonds. The minimum Gasteiger partial charge on any atom is -0.493 e. The van der Waals surface area contributed by atoms with E-state index in [1.807, 2.05) is 6.92 Å². The Hall–Kier alpha value is -2.93. The molecule has 0 aromatic heterocycles. The highest BCUT2D eigenvalue weighted by molar-refractivity contribution is 9.10. The van der Waals surface area contributed by atoms with Crippen LogP contribution >= 0.6 is 15.9 Å². The monoisotopic (exact) mass is 445 g/mol. The third kappa shape index (κ3) is 4.48. The number of nitrogens with zero attached hydrogens (tertiary/aromatic N) is 1. The number of carbonyl (C=O) groups is 1. The second-order valence-corrected chi connectivity index (χ2v) is 6.98. The minimum atomic E-state index is -0.586. The predicted molar refractivity (Wildman–Crippen MR) is 108 cm³/mol. The molecule has 0 bridgehead atoms. The zero-order valence-electron chi connectivity index (χ0n) is 15.3. The summed E-state index contributed by atoms with van der Waals surface area (Å²) in [6.07, 6.45) is 1.58. The summed E-state index contributed by atoms with van der Waals surface area (Å²) >= 11 is 3.46. The van der Waals surface area contributed by atoms with Gasteiger partial charge < -0.3 is 14.2 Å². The molecule has 0 fully saturated rings. The van der Waals surface area contributed by atoms with Gasteiger partial charge >= 0.3 is 5.97 Å². The highest BCUT2D eigenvalue weighted by Crippen LogP contribution is 2.37. The van der Waals surface area contributed by atoms with Crippen LogP contribution in [0.3, 0.4) is 0 Å². The van der Waals surface area contributed by atoms with Crippen LogP contribution in [0, 0.1) is 5.82 Å². The SMILES string of the molecule is C=C(C)COc1c(Br)cc(C=C2N=C(c3ccc(F)cc3)OC2=O)cc1OC. The lowest BCUT2D eigenvalue weighted by molar-refractivity contribution is -0.129. The molecule has 1 aliphatic heterocycles. The molecule has 2 aromatic rings. The van der Waals surface area contributed by atoms with Gasteiger partial charge in [0, 0.05) is 5.56 Å². The van der Waals surface area contributed by atoms with Gasteiger partial charge in [0.15, 0.2) is 17.2 Å². The van der Waals surface area contributed by atoms with E-state index >= 15 is 0 Å². The molecular weight excluding hydrogens is 429 g/mol. The van der Waals surface area contributed by atoms with Crippen LogP contribution < -0.4 is 9.47 Å². The number of hydrogen-bond acceptors (Lipinski definition) is 5. The number of benzene rings is 2. The Kier molecular flexibility index (Phi) is 5.94. The lowest BCUT2D eigenvalue weighted by Gasteiger charge is -2.13. The maximum atomic E-state index is 13.1. The first-order valence-electron chi connectivity index (χ1n) is 8.30. The maximum absolute atomic E-state index is 13.1. The normalized spacial score (nSPS) is 14.6. The van der Waals surface area contributed by atoms with Crippen LogP contribution in [0.5, 0.6) is 11.5 Å². The van der Waals surface area contributed by atoms with Crippen molar-refractivity contribution in [1.82, 2.24) is 0 Å². The third-order valence-electron chi connectivity index (χ3n) is 3.73. The van der Waals surface area contributed by atoms with Crippen molar-refractivity contribution in [1.29, 1.82) is 0 Å². The van der Waals surface area contributed by atoms with Crippen LogP contribution in [0.25, 0.3) is 6.08 Å². The van der Waals surface area contributed by atoms with Gasteiger partial charge in [-0.05, 0) is 76.5 Å². The first kappa shape index (κ1) is 19.8. The Morgan fingerprint density at radius 2 is 2.04 bits per heavy atom. The molecule has 28 heavy (non-hydrogen) atoms. The first-order valence-corrected chi connectivity index (χ1v) is 9.10. The summed E-state index contributed by atoms with van der Waals surface area (Å²) in [5, 5.41) is 0. The van der Waals surface area contributed by atoms with Crippen LogP contribution in [-0.2, 0) is 9.53 Å². The summed E-state index contributed by atoms with van der Waals surface area (Å²) in [5.41, 5.74) is 2.18. The Morgan fingerprint density at radius 1 is 1.32 bits per heavy atom. The molecule has 0 atom stereocenters. The number of carbonyl (C=O) groups excluding carboxylic acids is 1. The van der Waals surface area contributed by atoms with Crippen molar-refractivity contribution in [2.24, 2.45) is 4.99 Å². The third-order valence-corrected chi connectivity index (χ3v) is 4.32. The smallest absolute Gasteiger partial charge is 0.363 e. The number of ether oxygens (including phenoxy) is 3. The second kappa shape index (κ2) is 8.39. The van der Waals surface area contributed by atoms with Crippen molar-refractivity contribution >= 4 is 33.9 Å². The fourth-order valence-electron chi connectivity index (χ4n) is 2.44. The molecule has 0 unspecified atom stereocenters. The van der Waals surface area contributed by atoms with Crippen molar-refractivity contribution in [2.45, 2.75) is 6.92 Å². The molecule has 0 saturated carbocycles. The van der Waals surface area contributed by atoms with Crippen LogP contribution in [0.1, 0.15) is 18.1 Å². The predicted octanol–water partition coefficient (Wildman–Crippen LogP) is 4.90. The molecule has 7 heteroatoms. The number of methoxy groups -OCH3 is 1. The van der Waals surface area contributed by atoms with Crippen molar-refractivity contribution in [3.05, 3.63) is 75.7 Å². The fourth-order valence-corrected chi connectivity index (χ4v) is 3.02. The van der Waals surface area contributed by atoms with E-state index in [9.17, 15) is 9.18 Å². The zero-order chi connectivity index (χ0) is 20.3. The van der Waals surface area contributed by atoms with Gasteiger partial charge in [-0.25, -0.2) is 14.2 Å². The van der Waals surface area contributed by atoms with Crippen molar-refractivity contribution in [2.75, 3.05) is 13.7 Å². The van der Waals surface area contributed by atoms with E-state index in [1.54, 1.807) is 18.2 Å². The van der Waals surface area contributed by atoms with Gasteiger partial charge in [-0.15, -0.1) is 0 Å². The standard InChI is InChI=1S/C21H17BrFNO4/c1-12(2)11-27-19-16(22)8-13(10-18(19)26-3)9-17-21(25)28-20(24-17)14-4-6-15(23)7-5-14/h4-10H,1,11H2,2-3H3. The molecule has 2 aromatic carbocycles. The fraction of sp³-hybridized carbons (Fsp3) is 0.143. The molecule has 0 N–H and O–H groups in total. The largest absolute Gasteiger partial charge is 0.493 e. The Balaban J connectivity index is 1.91. The number of rotatable bonds is 6. The Labute approximate surface area is 170 Å². The molecule has 1 aliphatic rings. The summed E-state index contributed by atoms with van der Waals surface area (Å²) in [6.45, 7) is 6.03. The molecule has 1 heterocycles. The van der Waals surface area contributed by atoms with Gasteiger partial charge in [0.05, 0.1) is 11.6 Å². The van der Waals surface area contributed by atoms with E-state index in [0.717, 1.165) is 5.57 Å². The summed E-state index contributed by atoms with van der Waals surface area (Å²) in [4.78, 5) is 16.4. The van der Waals surface area contributed by atoms with E-state index in [-0.39, 0.29) is 17.4 Å². The molecule has 5 nitrogen and oxygen atoms in total. The lowest BCUT2D eigenvalue weighted by Crippen LogP contribution is -2.05. The minimum absolute atomic E-state index is 0.128. The van der Waals surface area contributed by atoms with Crippen LogP contribution in [0.4, 0.5) is 4.39 Å². The number of cyclic esters (lactones) is 1. The van der Waals surface area contributed by atoms with Gasteiger partial charge in [-0.1, -0.05) is 6.58 Å². The second-order valence-electron chi connectivity index (χ2n) is 6.12. The van der Waals surface area contributed by atoms with E-state index in [0.29, 0.717) is 33.7 Å². The molecule has 0 radical (unpaired) electrons. The first-order chi connectivity index (χ1) is 13.4. The van der Waals surface area contributed by atoms with Crippen LogP contribution in [0.15, 0.2) is 63.7 Å². The lowest BCUT2D eigenvalue weighted by atomic mass is 10.1. The number of hydrogen-bond donors (Lipinski definition) is 0. The van der Waals surface area contributed by atoms with E-state index in [4.69, 9.17) is 14.2 Å². The van der Waals surface area contributed by atoms with Crippen molar-refractivity contribution < 1.29 is 23.4 Å². The Morgan fingerprint density at radius 3 is 2.68 bits per heavy atom. The quantitative estimate of drug-likeness (QED) is 0.360. The average molecular weight is 446 g/mol. The topological polar surface area (TPSA) is 57.1 Å². The van der Waals surface area contributed by atoms with Crippen molar-refractivity contribution in [3.63, 3.8) is 0 Å². The van der Waals surface area contributed by atoms with Gasteiger partial charge in [0.1, 0.15) is 12.4 Å². The molecule has 0 spiro atoms. The van der Waals surface area contributed by atoms with Crippen LogP contribution in [0.2, 0.25) is 0 Å². The number of esters is 1. The molecule has 0 saturated heterocycles. The summed E-state index contributed by atoms with van der Waals surface area (Å²) in [6, 6.07) is 9.06. The van der Waals surface area contributed by atoms with E-state index in [1.165, 1.54) is 31.4 Å². The number of aliphatic imine (C=N–C) groups is 1. The van der Waals surface area contributed by atoms with Crippen LogP contribution in [-0.4, -0.2) is 25.6 Å². The highest BCUT2D eigenvalue weighted by Gasteiger charge is 2.24. The molecule has 3 rings (SSSR count). The Bertz CT molecular complexity index is 996. The highest BCUT2D eigenvalue weighted by atomic mass is 79.9. The number of halogens is 2. The molecule has 0 aliphatic carbocycles. The van der Waals surface area contributed by atoms with Gasteiger partial charge in [0.25, 0.3) is 0 Å². The summed E-state index contributed by atoms with van der Waals surface area (Å²) in [7, 11) is 1.53. The van der Waals surface area contributed by atoms with E-state index in [2.05, 4.69) is 27.5 Å². The van der Waals surface area contributed by atoms with Gasteiger partial charge in [-0.3, -0.25) is 0 Å². The van der Waals surface area contributed by atoms with E-state index < -0.39 is 5.97 Å². The van der Waals surface area contributed by atoms with Gasteiger partial charge in [-0.2, -0.15) is 0 Å². The van der Waals surface area contributed by atoms with Gasteiger partial charge in [0.2, 0.25) is 5.90 Å². The zero-order valence-corrected chi connectivity index (χ0v) is 16.9. The maximum Gasteiger partial charge on any atom is 0.363 e. The molecule has 144 valence electrons. The summed E-state index contributed by atoms with van der Waals surface area (Å²) < 4.78 is 30.0. The molecular formula is C21H17BrFNO4.